The van der Waals surface area contributed by atoms with Gasteiger partial charge in [-0.3, -0.25) is 14.9 Å². The van der Waals surface area contributed by atoms with Crippen molar-refractivity contribution in [3.05, 3.63) is 39.9 Å². The van der Waals surface area contributed by atoms with Gasteiger partial charge in [-0.25, -0.2) is 13.6 Å². The van der Waals surface area contributed by atoms with Gasteiger partial charge in [-0.05, 0) is 37.5 Å². The van der Waals surface area contributed by atoms with E-state index in [0.717, 1.165) is 12.1 Å². The molecule has 0 aliphatic rings. The molecule has 36 heavy (non-hydrogen) atoms. The summed E-state index contributed by atoms with van der Waals surface area (Å²) in [6.45, 7) is 2.62. The highest BCUT2D eigenvalue weighted by Crippen LogP contribution is 2.31. The van der Waals surface area contributed by atoms with Crippen LogP contribution in [0.1, 0.15) is 42.6 Å². The number of nitrogens with zero attached hydrogens (tertiary/aromatic N) is 1. The van der Waals surface area contributed by atoms with E-state index in [1.54, 1.807) is 13.8 Å². The Balaban J connectivity index is 1.93. The number of halogens is 3. The van der Waals surface area contributed by atoms with Crippen LogP contribution in [0.4, 0.5) is 18.6 Å². The number of ether oxygens (including phenoxy) is 1. The molecule has 11 nitrogen and oxygen atoms in total. The molecule has 1 heterocycles. The molecule has 1 aromatic carbocycles. The average molecular weight is 550 g/mol. The molecule has 0 bridgehead atoms. The van der Waals surface area contributed by atoms with Gasteiger partial charge >= 0.3 is 6.03 Å². The molecule has 0 radical (unpaired) electrons. The van der Waals surface area contributed by atoms with Gasteiger partial charge in [-0.2, -0.15) is 4.37 Å². The van der Waals surface area contributed by atoms with Crippen molar-refractivity contribution < 1.29 is 38.1 Å². The molecular weight excluding hydrogens is 524 g/mol. The third kappa shape index (κ3) is 8.86. The Morgan fingerprint density at radius 3 is 2.42 bits per heavy atom. The van der Waals surface area contributed by atoms with E-state index in [2.05, 4.69) is 20.3 Å². The highest BCUT2D eigenvalue weighted by molar-refractivity contribution is 7.11. The molecule has 1 aromatic heterocycles. The van der Waals surface area contributed by atoms with Crippen LogP contribution < -0.4 is 26.4 Å². The van der Waals surface area contributed by atoms with Gasteiger partial charge in [-0.15, -0.1) is 0 Å². The van der Waals surface area contributed by atoms with E-state index < -0.39 is 48.0 Å². The van der Waals surface area contributed by atoms with Crippen molar-refractivity contribution >= 4 is 46.0 Å². The Hall–Kier alpha value is -3.07. The zero-order valence-electron chi connectivity index (χ0n) is 19.3. The summed E-state index contributed by atoms with van der Waals surface area (Å²) in [7, 11) is 0. The maximum absolute atomic E-state index is 14.0. The number of benzene rings is 1. The lowest BCUT2D eigenvalue weighted by atomic mass is 10.1. The molecule has 0 saturated carbocycles. The van der Waals surface area contributed by atoms with Crippen molar-refractivity contribution in [1.29, 1.82) is 0 Å². The first-order chi connectivity index (χ1) is 16.9. The van der Waals surface area contributed by atoms with Gasteiger partial charge in [0.15, 0.2) is 0 Å². The van der Waals surface area contributed by atoms with Crippen LogP contribution in [-0.2, 0) is 11.4 Å². The van der Waals surface area contributed by atoms with Gasteiger partial charge in [-0.1, -0.05) is 11.6 Å². The van der Waals surface area contributed by atoms with Crippen LogP contribution in [0.25, 0.3) is 0 Å². The number of rotatable bonds is 12. The van der Waals surface area contributed by atoms with E-state index in [-0.39, 0.29) is 52.8 Å². The molecule has 0 spiro atoms. The number of primary amides is 1. The minimum atomic E-state index is -1.17. The quantitative estimate of drug-likeness (QED) is 0.234. The van der Waals surface area contributed by atoms with Crippen LogP contribution in [0, 0.1) is 11.6 Å². The fraction of sp³-hybridized carbons (Fsp3) is 0.429. The molecule has 0 saturated heterocycles. The number of carbonyl (C=O) groups excluding carboxylic acids is 3. The first-order valence-electron chi connectivity index (χ1n) is 10.6. The number of nitrogens with two attached hydrogens (primary N) is 1. The summed E-state index contributed by atoms with van der Waals surface area (Å²) >= 11 is 6.21. The van der Waals surface area contributed by atoms with Gasteiger partial charge in [0, 0.05) is 24.0 Å². The van der Waals surface area contributed by atoms with Crippen LogP contribution in [-0.4, -0.2) is 57.2 Å². The average Bonchev–Trinajstić information content (AvgIpc) is 3.13. The molecule has 2 rings (SSSR count). The first kappa shape index (κ1) is 29.2. The number of anilines is 1. The number of nitrogens with one attached hydrogen (secondary N) is 3. The molecule has 2 atom stereocenters. The minimum Gasteiger partial charge on any atom is -0.471 e. The normalized spacial score (nSPS) is 12.7. The molecule has 0 fully saturated rings. The molecule has 2 aromatic rings. The standard InChI is InChI=1S/C21H26ClF2N5O6S/c1-9(2)27-16(32)6-11(30)5-12(31)7-26-21(34)28-20-17(18(25)33)19(29-36-20)35-8-13-14(23)3-10(22)4-15(13)24/h3-4,9,11-12,30-31H,5-8H2,1-2H3,(H2,25,33)(H,27,32)(H2,26,28,34). The largest absolute Gasteiger partial charge is 0.471 e. The zero-order chi connectivity index (χ0) is 27.0. The van der Waals surface area contributed by atoms with Gasteiger partial charge in [0.05, 0.1) is 24.2 Å². The summed E-state index contributed by atoms with van der Waals surface area (Å²) < 4.78 is 37.0. The van der Waals surface area contributed by atoms with Crippen LogP contribution in [0.15, 0.2) is 12.1 Å². The van der Waals surface area contributed by atoms with E-state index in [0.29, 0.717) is 11.5 Å². The number of amides is 4. The number of carbonyl (C=O) groups is 3. The number of urea groups is 1. The first-order valence-corrected chi connectivity index (χ1v) is 11.8. The molecule has 198 valence electrons. The second kappa shape index (κ2) is 13.3. The molecule has 2 unspecified atom stereocenters. The van der Waals surface area contributed by atoms with Gasteiger partial charge in [0.25, 0.3) is 5.91 Å². The summed E-state index contributed by atoms with van der Waals surface area (Å²) in [5.74, 6) is -3.66. The predicted octanol–water partition coefficient (Wildman–Crippen LogP) is 1.90. The molecule has 15 heteroatoms. The van der Waals surface area contributed by atoms with E-state index >= 15 is 0 Å². The molecular formula is C21H26ClF2N5O6S. The van der Waals surface area contributed by atoms with Gasteiger partial charge in [0.2, 0.25) is 11.8 Å². The van der Waals surface area contributed by atoms with E-state index in [1.165, 1.54) is 0 Å². The van der Waals surface area contributed by atoms with E-state index in [9.17, 15) is 33.4 Å². The van der Waals surface area contributed by atoms with Crippen LogP contribution in [0.5, 0.6) is 5.88 Å². The maximum Gasteiger partial charge on any atom is 0.320 e. The number of aliphatic hydroxyl groups excluding tert-OH is 2. The summed E-state index contributed by atoms with van der Waals surface area (Å²) in [5.41, 5.74) is 4.57. The third-order valence-corrected chi connectivity index (χ3v) is 5.47. The fourth-order valence-electron chi connectivity index (χ4n) is 2.96. The van der Waals surface area contributed by atoms with Gasteiger partial charge in [0.1, 0.15) is 28.8 Å². The number of aliphatic hydroxyl groups is 2. The third-order valence-electron chi connectivity index (χ3n) is 4.51. The van der Waals surface area contributed by atoms with Crippen molar-refractivity contribution in [2.75, 3.05) is 11.9 Å². The lowest BCUT2D eigenvalue weighted by molar-refractivity contribution is -0.123. The van der Waals surface area contributed by atoms with Crippen LogP contribution in [0.3, 0.4) is 0 Å². The monoisotopic (exact) mass is 549 g/mol. The summed E-state index contributed by atoms with van der Waals surface area (Å²) in [5, 5.41) is 26.9. The fourth-order valence-corrected chi connectivity index (χ4v) is 3.89. The molecule has 0 aliphatic heterocycles. The second-order valence-corrected chi connectivity index (χ2v) is 9.21. The lowest BCUT2D eigenvalue weighted by Crippen LogP contribution is -2.38. The second-order valence-electron chi connectivity index (χ2n) is 8.00. The number of aromatic nitrogens is 1. The van der Waals surface area contributed by atoms with E-state index in [1.807, 2.05) is 0 Å². The summed E-state index contributed by atoms with van der Waals surface area (Å²) in [6.07, 6.45) is -2.68. The van der Waals surface area contributed by atoms with Gasteiger partial charge < -0.3 is 31.3 Å². The van der Waals surface area contributed by atoms with Crippen molar-refractivity contribution in [3.63, 3.8) is 0 Å². The number of hydrogen-bond acceptors (Lipinski definition) is 8. The van der Waals surface area contributed by atoms with Crippen molar-refractivity contribution in [2.24, 2.45) is 5.73 Å². The number of hydrogen-bond donors (Lipinski definition) is 6. The van der Waals surface area contributed by atoms with Crippen LogP contribution in [0.2, 0.25) is 5.02 Å². The Morgan fingerprint density at radius 1 is 1.19 bits per heavy atom. The lowest BCUT2D eigenvalue weighted by Gasteiger charge is -2.17. The maximum atomic E-state index is 14.0. The highest BCUT2D eigenvalue weighted by Gasteiger charge is 2.23. The molecule has 0 aliphatic carbocycles. The topological polar surface area (TPSA) is 176 Å². The van der Waals surface area contributed by atoms with Crippen molar-refractivity contribution in [3.8, 4) is 5.88 Å². The highest BCUT2D eigenvalue weighted by atomic mass is 35.5. The van der Waals surface area contributed by atoms with E-state index in [4.69, 9.17) is 22.1 Å². The Bertz CT molecular complexity index is 1080. The molecule has 7 N–H and O–H groups in total. The zero-order valence-corrected chi connectivity index (χ0v) is 20.9. The Labute approximate surface area is 214 Å². The molecule has 4 amide bonds. The van der Waals surface area contributed by atoms with Crippen molar-refractivity contribution in [1.82, 2.24) is 15.0 Å². The van der Waals surface area contributed by atoms with Crippen LogP contribution >= 0.6 is 23.1 Å². The Morgan fingerprint density at radius 2 is 1.83 bits per heavy atom. The SMILES string of the molecule is CC(C)NC(=O)CC(O)CC(O)CNC(=O)Nc1snc(OCc2c(F)cc(Cl)cc2F)c1C(N)=O. The summed E-state index contributed by atoms with van der Waals surface area (Å²) in [4.78, 5) is 35.7. The van der Waals surface area contributed by atoms with Crippen molar-refractivity contribution in [2.45, 2.75) is 51.5 Å². The smallest absolute Gasteiger partial charge is 0.320 e. The minimum absolute atomic E-state index is 0.0947. The predicted molar refractivity (Wildman–Crippen MR) is 128 cm³/mol. The summed E-state index contributed by atoms with van der Waals surface area (Å²) in [6, 6.07) is 0.853. The Kier molecular flexibility index (Phi) is 10.8.